The van der Waals surface area contributed by atoms with Crippen LogP contribution in [0.4, 0.5) is 10.1 Å². The summed E-state index contributed by atoms with van der Waals surface area (Å²) in [5, 5.41) is 6.99. The Morgan fingerprint density at radius 2 is 1.97 bits per heavy atom. The van der Waals surface area contributed by atoms with Crippen molar-refractivity contribution in [1.82, 2.24) is 20.4 Å². The van der Waals surface area contributed by atoms with E-state index in [9.17, 15) is 9.18 Å². The van der Waals surface area contributed by atoms with Crippen molar-refractivity contribution in [2.75, 3.05) is 37.6 Å². The molecule has 1 saturated heterocycles. The van der Waals surface area contributed by atoms with Gasteiger partial charge >= 0.3 is 0 Å². The number of hydrogen-bond acceptors (Lipinski definition) is 6. The number of rotatable bonds is 7. The molecule has 1 aromatic carbocycles. The third kappa shape index (κ3) is 6.03. The molecular weight excluding hydrogens is 397 g/mol. The predicted molar refractivity (Wildman–Crippen MR) is 119 cm³/mol. The lowest BCUT2D eigenvalue weighted by Gasteiger charge is -2.37. The van der Waals surface area contributed by atoms with Gasteiger partial charge in [0.2, 0.25) is 11.8 Å². The Morgan fingerprint density at radius 1 is 1.26 bits per heavy atom. The van der Waals surface area contributed by atoms with Gasteiger partial charge in [0, 0.05) is 55.7 Å². The summed E-state index contributed by atoms with van der Waals surface area (Å²) >= 11 is 0. The highest BCUT2D eigenvalue weighted by Crippen LogP contribution is 2.28. The second kappa shape index (κ2) is 9.77. The molecular formula is C23H34FN5O2. The number of benzene rings is 1. The highest BCUT2D eigenvalue weighted by atomic mass is 19.1. The van der Waals surface area contributed by atoms with E-state index in [0.29, 0.717) is 18.1 Å². The summed E-state index contributed by atoms with van der Waals surface area (Å²) in [5.41, 5.74) is 1.58. The molecule has 0 aliphatic carbocycles. The monoisotopic (exact) mass is 431 g/mol. The summed E-state index contributed by atoms with van der Waals surface area (Å²) in [6.45, 7) is 14.9. The highest BCUT2D eigenvalue weighted by Gasteiger charge is 2.23. The van der Waals surface area contributed by atoms with Gasteiger partial charge in [0.1, 0.15) is 5.82 Å². The van der Waals surface area contributed by atoms with Gasteiger partial charge in [-0.25, -0.2) is 4.39 Å². The minimum Gasteiger partial charge on any atom is -0.369 e. The average molecular weight is 432 g/mol. The number of aromatic nitrogens is 2. The van der Waals surface area contributed by atoms with Gasteiger partial charge in [0.25, 0.3) is 0 Å². The van der Waals surface area contributed by atoms with Crippen LogP contribution in [0.1, 0.15) is 64.4 Å². The Hall–Kier alpha value is -2.48. The van der Waals surface area contributed by atoms with Crippen molar-refractivity contribution in [2.24, 2.45) is 0 Å². The van der Waals surface area contributed by atoms with Crippen molar-refractivity contribution in [3.63, 3.8) is 0 Å². The molecule has 1 unspecified atom stereocenters. The quantitative estimate of drug-likeness (QED) is 0.724. The van der Waals surface area contributed by atoms with Gasteiger partial charge in [-0.05, 0) is 31.7 Å². The fourth-order valence-corrected chi connectivity index (χ4v) is 3.74. The van der Waals surface area contributed by atoms with Crippen LogP contribution < -0.4 is 10.2 Å². The number of carbonyl (C=O) groups is 1. The second-order valence-corrected chi connectivity index (χ2v) is 9.18. The molecule has 1 aromatic heterocycles. The Bertz CT molecular complexity index is 884. The molecule has 1 amide bonds. The molecule has 0 saturated carbocycles. The predicted octanol–water partition coefficient (Wildman–Crippen LogP) is 3.46. The molecule has 2 heterocycles. The van der Waals surface area contributed by atoms with Crippen molar-refractivity contribution in [3.8, 4) is 0 Å². The fourth-order valence-electron chi connectivity index (χ4n) is 3.74. The molecule has 1 aliphatic heterocycles. The number of nitrogens with zero attached hydrogens (tertiary/aromatic N) is 4. The minimum absolute atomic E-state index is 0.131. The van der Waals surface area contributed by atoms with Crippen LogP contribution in [0.15, 0.2) is 22.7 Å². The zero-order valence-electron chi connectivity index (χ0n) is 19.2. The molecule has 1 N–H and O–H groups in total. The summed E-state index contributed by atoms with van der Waals surface area (Å²) in [6, 6.07) is 4.53. The SMILES string of the molecule is CCN1CCN(c2ccc(F)cc2C(C)NC(=O)CCc2nc(C(C)(C)C)no2)CC1. The van der Waals surface area contributed by atoms with Crippen molar-refractivity contribution < 1.29 is 13.7 Å². The zero-order chi connectivity index (χ0) is 22.6. The van der Waals surface area contributed by atoms with E-state index in [1.807, 2.05) is 33.8 Å². The van der Waals surface area contributed by atoms with E-state index >= 15 is 0 Å². The van der Waals surface area contributed by atoms with Crippen molar-refractivity contribution in [3.05, 3.63) is 41.3 Å². The zero-order valence-corrected chi connectivity index (χ0v) is 19.2. The number of halogens is 1. The maximum absolute atomic E-state index is 14.0. The van der Waals surface area contributed by atoms with Gasteiger partial charge < -0.3 is 19.6 Å². The summed E-state index contributed by atoms with van der Waals surface area (Å²) in [4.78, 5) is 21.6. The normalized spacial score (nSPS) is 16.4. The molecule has 8 heteroatoms. The molecule has 170 valence electrons. The summed E-state index contributed by atoms with van der Waals surface area (Å²) in [6.07, 6.45) is 0.604. The second-order valence-electron chi connectivity index (χ2n) is 9.18. The number of likely N-dealkylation sites (N-methyl/N-ethyl adjacent to an activating group) is 1. The van der Waals surface area contributed by atoms with Gasteiger partial charge in [-0.1, -0.05) is 32.9 Å². The maximum Gasteiger partial charge on any atom is 0.227 e. The van der Waals surface area contributed by atoms with Crippen LogP contribution in [0.3, 0.4) is 0 Å². The molecule has 1 fully saturated rings. The lowest BCUT2D eigenvalue weighted by molar-refractivity contribution is -0.121. The smallest absolute Gasteiger partial charge is 0.227 e. The number of anilines is 1. The van der Waals surface area contributed by atoms with Crippen LogP contribution >= 0.6 is 0 Å². The van der Waals surface area contributed by atoms with Crippen LogP contribution in [-0.4, -0.2) is 53.7 Å². The van der Waals surface area contributed by atoms with Crippen LogP contribution in [0.5, 0.6) is 0 Å². The number of hydrogen-bond donors (Lipinski definition) is 1. The first-order valence-electron chi connectivity index (χ1n) is 11.1. The standard InChI is InChI=1S/C23H34FN5O2/c1-6-28-11-13-29(14-12-28)19-8-7-17(24)15-18(19)16(2)25-20(30)9-10-21-26-22(27-31-21)23(3,4)5/h7-8,15-16H,6,9-14H2,1-5H3,(H,25,30). The summed E-state index contributed by atoms with van der Waals surface area (Å²) in [5.74, 6) is 0.651. The van der Waals surface area contributed by atoms with Crippen LogP contribution in [-0.2, 0) is 16.6 Å². The van der Waals surface area contributed by atoms with E-state index in [2.05, 4.69) is 32.2 Å². The number of piperazine rings is 1. The average Bonchev–Trinajstić information content (AvgIpc) is 3.22. The van der Waals surface area contributed by atoms with Gasteiger partial charge in [0.05, 0.1) is 6.04 Å². The highest BCUT2D eigenvalue weighted by molar-refractivity contribution is 5.77. The first-order chi connectivity index (χ1) is 14.7. The summed E-state index contributed by atoms with van der Waals surface area (Å²) in [7, 11) is 0. The van der Waals surface area contributed by atoms with E-state index in [1.165, 1.54) is 12.1 Å². The Morgan fingerprint density at radius 3 is 2.58 bits per heavy atom. The van der Waals surface area contributed by atoms with E-state index in [-0.39, 0.29) is 29.6 Å². The van der Waals surface area contributed by atoms with Crippen molar-refractivity contribution in [2.45, 2.75) is 58.9 Å². The maximum atomic E-state index is 14.0. The summed E-state index contributed by atoms with van der Waals surface area (Å²) < 4.78 is 19.3. The van der Waals surface area contributed by atoms with E-state index < -0.39 is 0 Å². The Labute approximate surface area is 184 Å². The molecule has 0 spiro atoms. The Balaban J connectivity index is 1.62. The lowest BCUT2D eigenvalue weighted by Crippen LogP contribution is -2.46. The van der Waals surface area contributed by atoms with Crippen molar-refractivity contribution >= 4 is 11.6 Å². The number of amides is 1. The lowest BCUT2D eigenvalue weighted by atomic mass is 9.96. The third-order valence-electron chi connectivity index (χ3n) is 5.70. The van der Waals surface area contributed by atoms with Crippen LogP contribution in [0, 0.1) is 5.82 Å². The molecule has 2 aromatic rings. The van der Waals surface area contributed by atoms with Gasteiger partial charge in [-0.15, -0.1) is 0 Å². The van der Waals surface area contributed by atoms with Crippen molar-refractivity contribution in [1.29, 1.82) is 0 Å². The number of aryl methyl sites for hydroxylation is 1. The van der Waals surface area contributed by atoms with Crippen LogP contribution in [0.25, 0.3) is 0 Å². The van der Waals surface area contributed by atoms with E-state index in [4.69, 9.17) is 4.52 Å². The molecule has 1 aliphatic rings. The van der Waals surface area contributed by atoms with Gasteiger partial charge in [-0.2, -0.15) is 4.98 Å². The fraction of sp³-hybridized carbons (Fsp3) is 0.609. The largest absolute Gasteiger partial charge is 0.369 e. The van der Waals surface area contributed by atoms with E-state index in [0.717, 1.165) is 44.0 Å². The van der Waals surface area contributed by atoms with Gasteiger partial charge in [-0.3, -0.25) is 4.79 Å². The molecule has 0 bridgehead atoms. The molecule has 31 heavy (non-hydrogen) atoms. The van der Waals surface area contributed by atoms with Crippen LogP contribution in [0.2, 0.25) is 0 Å². The van der Waals surface area contributed by atoms with Gasteiger partial charge in [0.15, 0.2) is 5.82 Å². The number of nitrogens with one attached hydrogen (secondary N) is 1. The molecule has 0 radical (unpaired) electrons. The number of carbonyl (C=O) groups excluding carboxylic acids is 1. The topological polar surface area (TPSA) is 74.5 Å². The Kier molecular flexibility index (Phi) is 7.30. The van der Waals surface area contributed by atoms with E-state index in [1.54, 1.807) is 0 Å². The molecule has 1 atom stereocenters. The third-order valence-corrected chi connectivity index (χ3v) is 5.70. The first-order valence-corrected chi connectivity index (χ1v) is 11.1. The first kappa shape index (κ1) is 23.2. The molecule has 7 nitrogen and oxygen atoms in total. The minimum atomic E-state index is -0.310. The molecule has 3 rings (SSSR count).